The molecular weight excluding hydrogens is 250 g/mol. The molecule has 20 heavy (non-hydrogen) atoms. The minimum Gasteiger partial charge on any atom is -0.454 e. The van der Waals surface area contributed by atoms with Crippen LogP contribution in [0.1, 0.15) is 51.4 Å². The van der Waals surface area contributed by atoms with Crippen molar-refractivity contribution in [3.8, 4) is 11.5 Å². The third-order valence-electron chi connectivity index (χ3n) is 5.45. The molecule has 4 rings (SSSR count). The standard InChI is InChI=1S/C17H23NO2/c1-2-8-17(7-1)9-5-13(6-10-17)18-14-3-4-15-16(11-14)20-12-19-15/h3-4,11,13,18H,1-2,5-10,12H2. The van der Waals surface area contributed by atoms with Crippen LogP contribution < -0.4 is 14.8 Å². The monoisotopic (exact) mass is 273 g/mol. The van der Waals surface area contributed by atoms with Crippen LogP contribution in [0.4, 0.5) is 5.69 Å². The van der Waals surface area contributed by atoms with Gasteiger partial charge in [-0.15, -0.1) is 0 Å². The first-order chi connectivity index (χ1) is 9.83. The van der Waals surface area contributed by atoms with Crippen LogP contribution in [0.5, 0.6) is 11.5 Å². The lowest BCUT2D eigenvalue weighted by atomic mass is 9.71. The third-order valence-corrected chi connectivity index (χ3v) is 5.45. The van der Waals surface area contributed by atoms with Gasteiger partial charge in [0.05, 0.1) is 0 Å². The highest BCUT2D eigenvalue weighted by Crippen LogP contribution is 2.49. The second-order valence-electron chi connectivity index (χ2n) is 6.69. The van der Waals surface area contributed by atoms with Gasteiger partial charge in [0.25, 0.3) is 0 Å². The van der Waals surface area contributed by atoms with E-state index in [-0.39, 0.29) is 0 Å². The van der Waals surface area contributed by atoms with Crippen LogP contribution in [0.2, 0.25) is 0 Å². The van der Waals surface area contributed by atoms with Gasteiger partial charge < -0.3 is 14.8 Å². The molecule has 3 nitrogen and oxygen atoms in total. The van der Waals surface area contributed by atoms with Crippen LogP contribution in [0.15, 0.2) is 18.2 Å². The van der Waals surface area contributed by atoms with Crippen molar-refractivity contribution < 1.29 is 9.47 Å². The highest BCUT2D eigenvalue weighted by Gasteiger charge is 2.37. The first-order valence-corrected chi connectivity index (χ1v) is 7.99. The zero-order valence-corrected chi connectivity index (χ0v) is 12.0. The molecule has 0 aromatic heterocycles. The Bertz CT molecular complexity index is 484. The Kier molecular flexibility index (Phi) is 3.01. The van der Waals surface area contributed by atoms with Crippen molar-refractivity contribution >= 4 is 5.69 Å². The first-order valence-electron chi connectivity index (χ1n) is 7.99. The molecule has 0 bridgehead atoms. The second kappa shape index (κ2) is 4.87. The normalized spacial score (nSPS) is 24.2. The smallest absolute Gasteiger partial charge is 0.231 e. The summed E-state index contributed by atoms with van der Waals surface area (Å²) in [6.07, 6.45) is 11.3. The summed E-state index contributed by atoms with van der Waals surface area (Å²) in [7, 11) is 0. The fraction of sp³-hybridized carbons (Fsp3) is 0.647. The molecule has 3 heteroatoms. The van der Waals surface area contributed by atoms with Crippen molar-refractivity contribution in [3.05, 3.63) is 18.2 Å². The lowest BCUT2D eigenvalue weighted by Crippen LogP contribution is -2.31. The molecule has 1 aromatic carbocycles. The number of benzene rings is 1. The van der Waals surface area contributed by atoms with E-state index >= 15 is 0 Å². The van der Waals surface area contributed by atoms with Gasteiger partial charge in [-0.2, -0.15) is 0 Å². The van der Waals surface area contributed by atoms with Gasteiger partial charge in [-0.1, -0.05) is 12.8 Å². The Morgan fingerprint density at radius 2 is 1.70 bits per heavy atom. The molecule has 0 unspecified atom stereocenters. The van der Waals surface area contributed by atoms with Gasteiger partial charge in [0, 0.05) is 17.8 Å². The maximum Gasteiger partial charge on any atom is 0.231 e. The van der Waals surface area contributed by atoms with E-state index in [1.165, 1.54) is 57.1 Å². The summed E-state index contributed by atoms with van der Waals surface area (Å²) in [5.41, 5.74) is 1.88. The molecule has 2 saturated carbocycles. The number of hydrogen-bond acceptors (Lipinski definition) is 3. The molecule has 0 radical (unpaired) electrons. The van der Waals surface area contributed by atoms with E-state index in [0.29, 0.717) is 18.2 Å². The maximum absolute atomic E-state index is 5.44. The number of hydrogen-bond donors (Lipinski definition) is 1. The SMILES string of the molecule is c1cc2c(cc1NC1CCC3(CCCC3)CC1)OCO2. The zero-order valence-electron chi connectivity index (χ0n) is 12.0. The molecule has 0 atom stereocenters. The topological polar surface area (TPSA) is 30.5 Å². The van der Waals surface area contributed by atoms with Crippen molar-refractivity contribution in [2.75, 3.05) is 12.1 Å². The van der Waals surface area contributed by atoms with Gasteiger partial charge in [-0.3, -0.25) is 0 Å². The van der Waals surface area contributed by atoms with E-state index in [2.05, 4.69) is 17.4 Å². The van der Waals surface area contributed by atoms with E-state index in [4.69, 9.17) is 9.47 Å². The molecule has 1 N–H and O–H groups in total. The van der Waals surface area contributed by atoms with Crippen LogP contribution >= 0.6 is 0 Å². The van der Waals surface area contributed by atoms with Gasteiger partial charge in [-0.25, -0.2) is 0 Å². The average Bonchev–Trinajstić information content (AvgIpc) is 3.11. The first kappa shape index (κ1) is 12.4. The predicted molar refractivity (Wildman–Crippen MR) is 79.3 cm³/mol. The van der Waals surface area contributed by atoms with Crippen LogP contribution in [0.3, 0.4) is 0 Å². The maximum atomic E-state index is 5.44. The summed E-state index contributed by atoms with van der Waals surface area (Å²) in [5, 5.41) is 3.68. The fourth-order valence-electron chi connectivity index (χ4n) is 4.22. The number of nitrogens with one attached hydrogen (secondary N) is 1. The number of ether oxygens (including phenoxy) is 2. The predicted octanol–water partition coefficient (Wildman–Crippen LogP) is 4.33. The van der Waals surface area contributed by atoms with Gasteiger partial charge >= 0.3 is 0 Å². The van der Waals surface area contributed by atoms with Crippen molar-refractivity contribution in [1.82, 2.24) is 0 Å². The fourth-order valence-corrected chi connectivity index (χ4v) is 4.22. The van der Waals surface area contributed by atoms with E-state index < -0.39 is 0 Å². The largest absolute Gasteiger partial charge is 0.454 e. The molecule has 0 saturated heterocycles. The summed E-state index contributed by atoms with van der Waals surface area (Å²) in [6.45, 7) is 0.352. The average molecular weight is 273 g/mol. The minimum atomic E-state index is 0.352. The van der Waals surface area contributed by atoms with Crippen molar-refractivity contribution in [1.29, 1.82) is 0 Å². The molecule has 3 aliphatic rings. The number of fused-ring (bicyclic) bond motifs is 1. The van der Waals surface area contributed by atoms with Gasteiger partial charge in [0.2, 0.25) is 6.79 Å². The van der Waals surface area contributed by atoms with Gasteiger partial charge in [0.15, 0.2) is 11.5 Å². The molecule has 1 aliphatic heterocycles. The second-order valence-corrected chi connectivity index (χ2v) is 6.69. The number of anilines is 1. The lowest BCUT2D eigenvalue weighted by molar-refractivity contribution is 0.174. The van der Waals surface area contributed by atoms with Crippen LogP contribution in [-0.2, 0) is 0 Å². The Balaban J connectivity index is 1.38. The van der Waals surface area contributed by atoms with Crippen molar-refractivity contribution in [2.45, 2.75) is 57.4 Å². The highest BCUT2D eigenvalue weighted by atomic mass is 16.7. The van der Waals surface area contributed by atoms with Gasteiger partial charge in [0.1, 0.15) is 0 Å². The molecular formula is C17H23NO2. The quantitative estimate of drug-likeness (QED) is 0.870. The summed E-state index contributed by atoms with van der Waals surface area (Å²) < 4.78 is 10.8. The molecule has 0 amide bonds. The van der Waals surface area contributed by atoms with Crippen molar-refractivity contribution in [2.24, 2.45) is 5.41 Å². The molecule has 108 valence electrons. The summed E-state index contributed by atoms with van der Waals surface area (Å²) in [6, 6.07) is 6.81. The van der Waals surface area contributed by atoms with Crippen molar-refractivity contribution in [3.63, 3.8) is 0 Å². The Morgan fingerprint density at radius 3 is 2.50 bits per heavy atom. The highest BCUT2D eigenvalue weighted by molar-refractivity contribution is 5.56. The molecule has 1 spiro atoms. The van der Waals surface area contributed by atoms with Crippen LogP contribution in [-0.4, -0.2) is 12.8 Å². The molecule has 2 fully saturated rings. The summed E-state index contributed by atoms with van der Waals surface area (Å²) >= 11 is 0. The third kappa shape index (κ3) is 2.23. The van der Waals surface area contributed by atoms with Gasteiger partial charge in [-0.05, 0) is 56.1 Å². The molecule has 1 heterocycles. The summed E-state index contributed by atoms with van der Waals surface area (Å²) in [5.74, 6) is 1.74. The Hall–Kier alpha value is -1.38. The Labute approximate surface area is 120 Å². The van der Waals surface area contributed by atoms with E-state index in [0.717, 1.165) is 11.5 Å². The van der Waals surface area contributed by atoms with E-state index in [1.54, 1.807) is 0 Å². The van der Waals surface area contributed by atoms with Crippen LogP contribution in [0.25, 0.3) is 0 Å². The van der Waals surface area contributed by atoms with E-state index in [9.17, 15) is 0 Å². The minimum absolute atomic E-state index is 0.352. The zero-order chi connectivity index (χ0) is 13.4. The molecule has 2 aliphatic carbocycles. The Morgan fingerprint density at radius 1 is 0.950 bits per heavy atom. The number of rotatable bonds is 2. The lowest BCUT2D eigenvalue weighted by Gasteiger charge is -2.37. The summed E-state index contributed by atoms with van der Waals surface area (Å²) in [4.78, 5) is 0. The van der Waals surface area contributed by atoms with E-state index in [1.807, 2.05) is 6.07 Å². The van der Waals surface area contributed by atoms with Crippen LogP contribution in [0, 0.1) is 5.41 Å². The molecule has 1 aromatic rings.